The maximum atomic E-state index is 11.7. The molecule has 0 aliphatic heterocycles. The summed E-state index contributed by atoms with van der Waals surface area (Å²) in [5.74, 6) is -0.273. The molecule has 5 heteroatoms. The van der Waals surface area contributed by atoms with Gasteiger partial charge in [-0.1, -0.05) is 0 Å². The van der Waals surface area contributed by atoms with Crippen LogP contribution in [0.4, 0.5) is 0 Å². The first-order valence-corrected chi connectivity index (χ1v) is 6.43. The number of benzene rings is 1. The average Bonchev–Trinajstić information content (AvgIpc) is 2.21. The Bertz CT molecular complexity index is 382. The number of alkyl halides is 1. The second-order valence-electron chi connectivity index (χ2n) is 3.49. The van der Waals surface area contributed by atoms with E-state index in [0.717, 1.165) is 3.57 Å². The number of phenolic OH excluding ortho intramolecular Hbond substituents is 1. The molecule has 1 rings (SSSR count). The number of phenols is 1. The summed E-state index contributed by atoms with van der Waals surface area (Å²) in [6.45, 7) is 2.38. The number of aromatic hydroxyl groups is 1. The first-order chi connectivity index (χ1) is 7.50. The fraction of sp³-hybridized carbons (Fsp3) is 0.364. The van der Waals surface area contributed by atoms with Crippen molar-refractivity contribution in [1.82, 2.24) is 5.32 Å². The van der Waals surface area contributed by atoms with Gasteiger partial charge in [0.15, 0.2) is 0 Å². The molecule has 3 nitrogen and oxygen atoms in total. The standard InChI is InChI=1S/C11H13ClINO2/c1-7(12)4-5-14-11(16)9-6-8(13)2-3-10(9)15/h2-3,6-7,15H,4-5H2,1H3,(H,14,16). The van der Waals surface area contributed by atoms with Crippen molar-refractivity contribution in [3.8, 4) is 5.75 Å². The Labute approximate surface area is 113 Å². The molecule has 1 atom stereocenters. The van der Waals surface area contributed by atoms with Gasteiger partial charge in [-0.15, -0.1) is 11.6 Å². The number of nitrogens with one attached hydrogen (secondary N) is 1. The van der Waals surface area contributed by atoms with E-state index in [1.807, 2.05) is 6.92 Å². The molecule has 0 aliphatic carbocycles. The fourth-order valence-corrected chi connectivity index (χ4v) is 1.77. The largest absolute Gasteiger partial charge is 0.507 e. The third-order valence-corrected chi connectivity index (χ3v) is 2.92. The van der Waals surface area contributed by atoms with Gasteiger partial charge in [-0.2, -0.15) is 0 Å². The number of carbonyl (C=O) groups excluding carboxylic acids is 1. The van der Waals surface area contributed by atoms with Gasteiger partial charge < -0.3 is 10.4 Å². The van der Waals surface area contributed by atoms with Crippen molar-refractivity contribution < 1.29 is 9.90 Å². The zero-order valence-electron chi connectivity index (χ0n) is 8.84. The quantitative estimate of drug-likeness (QED) is 0.646. The van der Waals surface area contributed by atoms with Gasteiger partial charge in [-0.25, -0.2) is 0 Å². The van der Waals surface area contributed by atoms with Crippen LogP contribution < -0.4 is 5.32 Å². The zero-order valence-corrected chi connectivity index (χ0v) is 11.7. The molecule has 2 N–H and O–H groups in total. The van der Waals surface area contributed by atoms with Gasteiger partial charge >= 0.3 is 0 Å². The molecule has 0 spiro atoms. The van der Waals surface area contributed by atoms with Crippen LogP contribution in [0.3, 0.4) is 0 Å². The van der Waals surface area contributed by atoms with Crippen LogP contribution in [-0.2, 0) is 0 Å². The summed E-state index contributed by atoms with van der Waals surface area (Å²) in [7, 11) is 0. The highest BCUT2D eigenvalue weighted by Crippen LogP contribution is 2.19. The van der Waals surface area contributed by atoms with Crippen molar-refractivity contribution in [2.75, 3.05) is 6.54 Å². The molecule has 0 fully saturated rings. The Morgan fingerprint density at radius 1 is 1.62 bits per heavy atom. The predicted molar refractivity (Wildman–Crippen MR) is 73.1 cm³/mol. The Morgan fingerprint density at radius 3 is 2.94 bits per heavy atom. The van der Waals surface area contributed by atoms with Crippen molar-refractivity contribution in [3.05, 3.63) is 27.3 Å². The molecular formula is C11H13ClINO2. The minimum Gasteiger partial charge on any atom is -0.507 e. The number of rotatable bonds is 4. The van der Waals surface area contributed by atoms with E-state index < -0.39 is 0 Å². The van der Waals surface area contributed by atoms with Gasteiger partial charge in [-0.05, 0) is 54.1 Å². The first kappa shape index (κ1) is 13.6. The molecule has 0 saturated carbocycles. The Kier molecular flexibility index (Phi) is 5.34. The molecule has 0 saturated heterocycles. The normalized spacial score (nSPS) is 12.2. The minimum atomic E-state index is -0.270. The van der Waals surface area contributed by atoms with Crippen LogP contribution in [0, 0.1) is 3.57 Å². The molecule has 0 aliphatic rings. The molecular weight excluding hydrogens is 340 g/mol. The van der Waals surface area contributed by atoms with Crippen molar-refractivity contribution in [3.63, 3.8) is 0 Å². The Morgan fingerprint density at radius 2 is 2.31 bits per heavy atom. The minimum absolute atomic E-state index is 0.00293. The van der Waals surface area contributed by atoms with E-state index in [9.17, 15) is 9.90 Å². The van der Waals surface area contributed by atoms with Crippen LogP contribution in [0.15, 0.2) is 18.2 Å². The molecule has 0 aromatic heterocycles. The average molecular weight is 354 g/mol. The predicted octanol–water partition coefficient (Wildman–Crippen LogP) is 2.74. The summed E-state index contributed by atoms with van der Waals surface area (Å²) in [6.07, 6.45) is 0.706. The molecule has 1 amide bonds. The van der Waals surface area contributed by atoms with Crippen LogP contribution >= 0.6 is 34.2 Å². The molecule has 1 aromatic rings. The van der Waals surface area contributed by atoms with Crippen molar-refractivity contribution in [2.45, 2.75) is 18.7 Å². The summed E-state index contributed by atoms with van der Waals surface area (Å²) >= 11 is 7.85. The molecule has 0 radical (unpaired) electrons. The maximum absolute atomic E-state index is 11.7. The van der Waals surface area contributed by atoms with Crippen LogP contribution in [0.25, 0.3) is 0 Å². The lowest BCUT2D eigenvalue weighted by Gasteiger charge is -2.07. The molecule has 0 bridgehead atoms. The smallest absolute Gasteiger partial charge is 0.255 e. The summed E-state index contributed by atoms with van der Waals surface area (Å²) in [6, 6.07) is 4.91. The third kappa shape index (κ3) is 4.17. The van der Waals surface area contributed by atoms with Gasteiger partial charge in [0.25, 0.3) is 5.91 Å². The van der Waals surface area contributed by atoms with E-state index in [0.29, 0.717) is 18.5 Å². The molecule has 1 unspecified atom stereocenters. The van der Waals surface area contributed by atoms with E-state index >= 15 is 0 Å². The maximum Gasteiger partial charge on any atom is 0.255 e. The summed E-state index contributed by atoms with van der Waals surface area (Å²) in [5, 5.41) is 12.3. The third-order valence-electron chi connectivity index (χ3n) is 2.03. The lowest BCUT2D eigenvalue weighted by atomic mass is 10.2. The lowest BCUT2D eigenvalue weighted by Crippen LogP contribution is -2.25. The number of hydrogen-bond donors (Lipinski definition) is 2. The number of hydrogen-bond acceptors (Lipinski definition) is 2. The van der Waals surface area contributed by atoms with Crippen LogP contribution in [0.1, 0.15) is 23.7 Å². The van der Waals surface area contributed by atoms with Gasteiger partial charge in [0.1, 0.15) is 5.75 Å². The summed E-state index contributed by atoms with van der Waals surface area (Å²) in [4.78, 5) is 11.7. The molecule has 0 heterocycles. The van der Waals surface area contributed by atoms with Crippen LogP contribution in [0.5, 0.6) is 5.75 Å². The molecule has 16 heavy (non-hydrogen) atoms. The van der Waals surface area contributed by atoms with Gasteiger partial charge in [0, 0.05) is 15.5 Å². The highest BCUT2D eigenvalue weighted by Gasteiger charge is 2.11. The van der Waals surface area contributed by atoms with Gasteiger partial charge in [0.2, 0.25) is 0 Å². The Balaban J connectivity index is 2.62. The van der Waals surface area contributed by atoms with E-state index in [4.69, 9.17) is 11.6 Å². The van der Waals surface area contributed by atoms with Gasteiger partial charge in [-0.3, -0.25) is 4.79 Å². The van der Waals surface area contributed by atoms with Crippen molar-refractivity contribution >= 4 is 40.1 Å². The summed E-state index contributed by atoms with van der Waals surface area (Å²) in [5.41, 5.74) is 0.300. The van der Waals surface area contributed by atoms with Crippen molar-refractivity contribution in [2.24, 2.45) is 0 Å². The topological polar surface area (TPSA) is 49.3 Å². The van der Waals surface area contributed by atoms with Crippen LogP contribution in [-0.4, -0.2) is 22.9 Å². The second-order valence-corrected chi connectivity index (χ2v) is 5.48. The van der Waals surface area contributed by atoms with E-state index in [1.54, 1.807) is 12.1 Å². The SMILES string of the molecule is CC(Cl)CCNC(=O)c1cc(I)ccc1O. The number of carbonyl (C=O) groups is 1. The van der Waals surface area contributed by atoms with E-state index in [-0.39, 0.29) is 17.0 Å². The molecule has 1 aromatic carbocycles. The van der Waals surface area contributed by atoms with E-state index in [2.05, 4.69) is 27.9 Å². The fourth-order valence-electron chi connectivity index (χ4n) is 1.17. The lowest BCUT2D eigenvalue weighted by molar-refractivity contribution is 0.0950. The highest BCUT2D eigenvalue weighted by atomic mass is 127. The number of halogens is 2. The van der Waals surface area contributed by atoms with Crippen molar-refractivity contribution in [1.29, 1.82) is 0 Å². The monoisotopic (exact) mass is 353 g/mol. The first-order valence-electron chi connectivity index (χ1n) is 4.91. The summed E-state index contributed by atoms with van der Waals surface area (Å²) < 4.78 is 0.909. The zero-order chi connectivity index (χ0) is 12.1. The van der Waals surface area contributed by atoms with E-state index in [1.165, 1.54) is 6.07 Å². The molecule has 88 valence electrons. The highest BCUT2D eigenvalue weighted by molar-refractivity contribution is 14.1. The Hall–Kier alpha value is -0.490. The van der Waals surface area contributed by atoms with Gasteiger partial charge in [0.05, 0.1) is 5.56 Å². The second kappa shape index (κ2) is 6.30. The van der Waals surface area contributed by atoms with Crippen LogP contribution in [0.2, 0.25) is 0 Å². The number of amides is 1.